The Labute approximate surface area is 131 Å². The van der Waals surface area contributed by atoms with Gasteiger partial charge in [0.25, 0.3) is 0 Å². The minimum Gasteiger partial charge on any atom is -0.346 e. The molecule has 1 aliphatic carbocycles. The fourth-order valence-electron chi connectivity index (χ4n) is 3.50. The summed E-state index contributed by atoms with van der Waals surface area (Å²) >= 11 is 5.39. The highest BCUT2D eigenvalue weighted by atomic mass is 32.1. The normalized spacial score (nSPS) is 17.6. The Kier molecular flexibility index (Phi) is 4.20. The summed E-state index contributed by atoms with van der Waals surface area (Å²) in [6, 6.07) is 12.8. The van der Waals surface area contributed by atoms with Gasteiger partial charge in [0, 0.05) is 5.69 Å². The maximum absolute atomic E-state index is 5.39. The van der Waals surface area contributed by atoms with Gasteiger partial charge < -0.3 is 4.98 Å². The third-order valence-electron chi connectivity index (χ3n) is 4.67. The van der Waals surface area contributed by atoms with Crippen LogP contribution in [-0.2, 0) is 11.8 Å². The van der Waals surface area contributed by atoms with Gasteiger partial charge in [0.1, 0.15) is 10.5 Å². The number of aromatic nitrogens is 2. The zero-order valence-corrected chi connectivity index (χ0v) is 13.4. The van der Waals surface area contributed by atoms with E-state index in [1.165, 1.54) is 30.5 Å². The molecule has 0 atom stereocenters. The second-order valence-corrected chi connectivity index (χ2v) is 6.37. The molecule has 3 heteroatoms. The largest absolute Gasteiger partial charge is 0.346 e. The Bertz CT molecular complexity index is 654. The molecule has 1 N–H and O–H groups in total. The molecule has 1 saturated carbocycles. The smallest absolute Gasteiger partial charge is 0.130 e. The summed E-state index contributed by atoms with van der Waals surface area (Å²) < 4.78 is 0.710. The molecule has 0 spiro atoms. The molecule has 0 aliphatic heterocycles. The topological polar surface area (TPSA) is 28.7 Å². The van der Waals surface area contributed by atoms with Crippen LogP contribution in [0.3, 0.4) is 0 Å². The molecule has 0 amide bonds. The number of benzene rings is 1. The standard InChI is InChI=1S/C18H22N2S/c1-2-15-13-16(21)20-17(19-15)18(11-7-4-8-12-18)14-9-5-3-6-10-14/h3,5-6,9-10,13H,2,4,7-8,11-12H2,1H3,(H,19,20,21). The van der Waals surface area contributed by atoms with Crippen LogP contribution in [0.5, 0.6) is 0 Å². The molecule has 0 unspecified atom stereocenters. The molecule has 3 rings (SSSR count). The van der Waals surface area contributed by atoms with Crippen LogP contribution in [0.15, 0.2) is 36.4 Å². The molecular weight excluding hydrogens is 276 g/mol. The highest BCUT2D eigenvalue weighted by molar-refractivity contribution is 7.71. The van der Waals surface area contributed by atoms with Crippen LogP contribution in [0.1, 0.15) is 56.1 Å². The van der Waals surface area contributed by atoms with E-state index in [1.807, 2.05) is 6.07 Å². The summed E-state index contributed by atoms with van der Waals surface area (Å²) in [5.41, 5.74) is 2.57. The van der Waals surface area contributed by atoms with Crippen molar-refractivity contribution >= 4 is 12.2 Å². The fraction of sp³-hybridized carbons (Fsp3) is 0.444. The minimum absolute atomic E-state index is 0.0122. The minimum atomic E-state index is 0.0122. The van der Waals surface area contributed by atoms with E-state index in [0.29, 0.717) is 4.64 Å². The van der Waals surface area contributed by atoms with E-state index in [-0.39, 0.29) is 5.41 Å². The highest BCUT2D eigenvalue weighted by Gasteiger charge is 2.37. The van der Waals surface area contributed by atoms with Crippen molar-refractivity contribution in [1.82, 2.24) is 9.97 Å². The van der Waals surface area contributed by atoms with E-state index in [9.17, 15) is 0 Å². The van der Waals surface area contributed by atoms with Crippen molar-refractivity contribution in [2.75, 3.05) is 0 Å². The van der Waals surface area contributed by atoms with Crippen molar-refractivity contribution in [3.05, 3.63) is 58.1 Å². The van der Waals surface area contributed by atoms with E-state index in [2.05, 4.69) is 42.2 Å². The molecule has 2 aromatic rings. The summed E-state index contributed by atoms with van der Waals surface area (Å²) in [4.78, 5) is 8.28. The van der Waals surface area contributed by atoms with Gasteiger partial charge in [-0.3, -0.25) is 0 Å². The molecule has 0 radical (unpaired) electrons. The van der Waals surface area contributed by atoms with Crippen molar-refractivity contribution in [3.8, 4) is 0 Å². The molecule has 110 valence electrons. The van der Waals surface area contributed by atoms with E-state index >= 15 is 0 Å². The number of aromatic amines is 1. The molecule has 1 aromatic heterocycles. The fourth-order valence-corrected chi connectivity index (χ4v) is 3.73. The monoisotopic (exact) mass is 298 g/mol. The molecule has 21 heavy (non-hydrogen) atoms. The number of hydrogen-bond acceptors (Lipinski definition) is 2. The molecule has 0 saturated heterocycles. The molecule has 2 nitrogen and oxygen atoms in total. The van der Waals surface area contributed by atoms with Crippen molar-refractivity contribution in [2.45, 2.75) is 50.9 Å². The summed E-state index contributed by atoms with van der Waals surface area (Å²) in [5, 5.41) is 0. The van der Waals surface area contributed by atoms with Gasteiger partial charge in [-0.15, -0.1) is 0 Å². The van der Waals surface area contributed by atoms with Crippen LogP contribution in [0, 0.1) is 4.64 Å². The number of nitrogens with one attached hydrogen (secondary N) is 1. The second kappa shape index (κ2) is 6.10. The molecule has 1 aliphatic rings. The van der Waals surface area contributed by atoms with Crippen LogP contribution in [0.25, 0.3) is 0 Å². The van der Waals surface area contributed by atoms with Crippen molar-refractivity contribution in [3.63, 3.8) is 0 Å². The van der Waals surface area contributed by atoms with Crippen LogP contribution in [-0.4, -0.2) is 9.97 Å². The first-order valence-electron chi connectivity index (χ1n) is 7.91. The van der Waals surface area contributed by atoms with Gasteiger partial charge in [0.2, 0.25) is 0 Å². The molecule has 0 bridgehead atoms. The third-order valence-corrected chi connectivity index (χ3v) is 4.88. The lowest BCUT2D eigenvalue weighted by Gasteiger charge is -2.37. The van der Waals surface area contributed by atoms with E-state index < -0.39 is 0 Å². The van der Waals surface area contributed by atoms with Crippen LogP contribution < -0.4 is 0 Å². The highest BCUT2D eigenvalue weighted by Crippen LogP contribution is 2.43. The maximum atomic E-state index is 5.39. The van der Waals surface area contributed by atoms with Gasteiger partial charge >= 0.3 is 0 Å². The first kappa shape index (κ1) is 14.5. The van der Waals surface area contributed by atoms with Crippen molar-refractivity contribution < 1.29 is 0 Å². The van der Waals surface area contributed by atoms with Crippen molar-refractivity contribution in [2.24, 2.45) is 0 Å². The quantitative estimate of drug-likeness (QED) is 0.812. The molecular formula is C18H22N2S. The predicted octanol–water partition coefficient (Wildman–Crippen LogP) is 4.95. The number of hydrogen-bond donors (Lipinski definition) is 1. The number of nitrogens with zero attached hydrogens (tertiary/aromatic N) is 1. The Morgan fingerprint density at radius 1 is 1.14 bits per heavy atom. The van der Waals surface area contributed by atoms with Gasteiger partial charge in [0.05, 0.1) is 5.41 Å². The molecule has 1 aromatic carbocycles. The molecule has 1 fully saturated rings. The maximum Gasteiger partial charge on any atom is 0.130 e. The van der Waals surface area contributed by atoms with E-state index in [0.717, 1.165) is 25.1 Å². The predicted molar refractivity (Wildman–Crippen MR) is 89.1 cm³/mol. The Morgan fingerprint density at radius 2 is 1.86 bits per heavy atom. The number of H-pyrrole nitrogens is 1. The van der Waals surface area contributed by atoms with Gasteiger partial charge in [-0.1, -0.05) is 68.7 Å². The summed E-state index contributed by atoms with van der Waals surface area (Å²) in [7, 11) is 0. The lowest BCUT2D eigenvalue weighted by molar-refractivity contribution is 0.329. The summed E-state index contributed by atoms with van der Waals surface area (Å²) in [6.07, 6.45) is 7.11. The first-order chi connectivity index (χ1) is 10.2. The molecule has 1 heterocycles. The van der Waals surface area contributed by atoms with Gasteiger partial charge in [0.15, 0.2) is 0 Å². The summed E-state index contributed by atoms with van der Waals surface area (Å²) in [5.74, 6) is 1.07. The average molecular weight is 298 g/mol. The van der Waals surface area contributed by atoms with E-state index in [1.54, 1.807) is 0 Å². The third kappa shape index (κ3) is 2.80. The Morgan fingerprint density at radius 3 is 2.52 bits per heavy atom. The van der Waals surface area contributed by atoms with E-state index in [4.69, 9.17) is 17.2 Å². The SMILES string of the molecule is CCc1cc(=S)nc(C2(c3ccccc3)CCCCC2)[nH]1. The van der Waals surface area contributed by atoms with Gasteiger partial charge in [-0.25, -0.2) is 4.98 Å². The Balaban J connectivity index is 2.16. The van der Waals surface area contributed by atoms with Crippen molar-refractivity contribution in [1.29, 1.82) is 0 Å². The second-order valence-electron chi connectivity index (χ2n) is 5.96. The Hall–Kier alpha value is -1.48. The zero-order chi connectivity index (χ0) is 14.7. The number of aryl methyl sites for hydroxylation is 1. The van der Waals surface area contributed by atoms with Gasteiger partial charge in [-0.05, 0) is 30.9 Å². The first-order valence-corrected chi connectivity index (χ1v) is 8.32. The van der Waals surface area contributed by atoms with Crippen LogP contribution in [0.4, 0.5) is 0 Å². The summed E-state index contributed by atoms with van der Waals surface area (Å²) in [6.45, 7) is 2.15. The van der Waals surface area contributed by atoms with Crippen LogP contribution in [0.2, 0.25) is 0 Å². The van der Waals surface area contributed by atoms with Crippen LogP contribution >= 0.6 is 12.2 Å². The average Bonchev–Trinajstić information content (AvgIpc) is 2.55. The van der Waals surface area contributed by atoms with Gasteiger partial charge in [-0.2, -0.15) is 0 Å². The lowest BCUT2D eigenvalue weighted by Crippen LogP contribution is -2.33. The number of rotatable bonds is 3. The zero-order valence-electron chi connectivity index (χ0n) is 12.6. The lowest BCUT2D eigenvalue weighted by atomic mass is 9.68.